The third kappa shape index (κ3) is 11.1. The first kappa shape index (κ1) is 19.5. The Morgan fingerprint density at radius 2 is 1.41 bits per heavy atom. The van der Waals surface area contributed by atoms with Gasteiger partial charge in [-0.3, -0.25) is 4.79 Å². The Bertz CT molecular complexity index is 262. The largest absolute Gasteiger partial charge is 0.462 e. The summed E-state index contributed by atoms with van der Waals surface area (Å²) in [4.78, 5) is 11.5. The van der Waals surface area contributed by atoms with Crippen molar-refractivity contribution in [3.05, 3.63) is 0 Å². The van der Waals surface area contributed by atoms with Gasteiger partial charge in [0.1, 0.15) is 6.10 Å². The van der Waals surface area contributed by atoms with Gasteiger partial charge in [0.05, 0.1) is 0 Å². The number of cyclic esters (lactones) is 1. The zero-order chi connectivity index (χ0) is 15.9. The predicted molar refractivity (Wildman–Crippen MR) is 94.0 cm³/mol. The van der Waals surface area contributed by atoms with Crippen LogP contribution in [0.15, 0.2) is 0 Å². The van der Waals surface area contributed by atoms with Crippen LogP contribution in [-0.4, -0.2) is 12.1 Å². The Kier molecular flexibility index (Phi) is 12.5. The van der Waals surface area contributed by atoms with Crippen LogP contribution in [0.25, 0.3) is 0 Å². The van der Waals surface area contributed by atoms with E-state index in [1.807, 2.05) is 0 Å². The van der Waals surface area contributed by atoms with Gasteiger partial charge in [-0.05, 0) is 32.1 Å². The Hall–Kier alpha value is -0.530. The van der Waals surface area contributed by atoms with Gasteiger partial charge in [-0.25, -0.2) is 0 Å². The monoisotopic (exact) mass is 310 g/mol. The van der Waals surface area contributed by atoms with Crippen LogP contribution in [0.3, 0.4) is 0 Å². The predicted octanol–water partition coefficient (Wildman–Crippen LogP) is 6.56. The van der Waals surface area contributed by atoms with E-state index in [-0.39, 0.29) is 12.1 Å². The minimum Gasteiger partial charge on any atom is -0.462 e. The average molecular weight is 311 g/mol. The molecule has 1 fully saturated rings. The lowest BCUT2D eigenvalue weighted by Crippen LogP contribution is -2.20. The molecule has 0 aromatic carbocycles. The first-order chi connectivity index (χ1) is 10.8. The van der Waals surface area contributed by atoms with Crippen LogP contribution < -0.4 is 0 Å². The summed E-state index contributed by atoms with van der Waals surface area (Å²) in [6.07, 6.45) is 21.6. The van der Waals surface area contributed by atoms with Crippen molar-refractivity contribution in [2.24, 2.45) is 0 Å². The summed E-state index contributed by atoms with van der Waals surface area (Å²) in [6.45, 7) is 2.28. The molecule has 22 heavy (non-hydrogen) atoms. The standard InChI is InChI=1S/C20H38O2/c1-2-3-4-5-6-7-8-9-10-11-13-16-19-17-14-12-15-18-20(21)22-19/h19H,2-18H2,1H3. The number of carbonyl (C=O) groups excluding carboxylic acids is 1. The minimum atomic E-state index is 0.0350. The third-order valence-corrected chi connectivity index (χ3v) is 4.83. The molecule has 0 amide bonds. The highest BCUT2D eigenvalue weighted by Gasteiger charge is 2.16. The molecule has 0 aliphatic carbocycles. The fourth-order valence-corrected chi connectivity index (χ4v) is 3.36. The van der Waals surface area contributed by atoms with E-state index in [0.29, 0.717) is 6.42 Å². The molecule has 0 radical (unpaired) electrons. The van der Waals surface area contributed by atoms with E-state index < -0.39 is 0 Å². The molecule has 130 valence electrons. The molecule has 1 heterocycles. The summed E-state index contributed by atoms with van der Waals surface area (Å²) in [7, 11) is 0. The van der Waals surface area contributed by atoms with Gasteiger partial charge in [-0.1, -0.05) is 77.6 Å². The number of esters is 1. The van der Waals surface area contributed by atoms with Crippen molar-refractivity contribution in [1.82, 2.24) is 0 Å². The van der Waals surface area contributed by atoms with Crippen LogP contribution >= 0.6 is 0 Å². The summed E-state index contributed by atoms with van der Waals surface area (Å²) in [6, 6.07) is 0. The second kappa shape index (κ2) is 14.1. The van der Waals surface area contributed by atoms with Crippen molar-refractivity contribution < 1.29 is 9.53 Å². The molecule has 0 spiro atoms. The van der Waals surface area contributed by atoms with Gasteiger partial charge in [-0.15, -0.1) is 0 Å². The molecule has 0 aromatic heterocycles. The van der Waals surface area contributed by atoms with E-state index >= 15 is 0 Å². The lowest BCUT2D eigenvalue weighted by Gasteiger charge is -2.20. The summed E-state index contributed by atoms with van der Waals surface area (Å²) in [5.74, 6) is 0.0350. The summed E-state index contributed by atoms with van der Waals surface area (Å²) >= 11 is 0. The Morgan fingerprint density at radius 1 is 0.818 bits per heavy atom. The van der Waals surface area contributed by atoms with Gasteiger partial charge >= 0.3 is 5.97 Å². The molecule has 0 N–H and O–H groups in total. The molecule has 0 saturated carbocycles. The van der Waals surface area contributed by atoms with Gasteiger partial charge in [0.2, 0.25) is 0 Å². The van der Waals surface area contributed by atoms with Gasteiger partial charge < -0.3 is 4.74 Å². The lowest BCUT2D eigenvalue weighted by atomic mass is 10.0. The topological polar surface area (TPSA) is 26.3 Å². The van der Waals surface area contributed by atoms with E-state index in [0.717, 1.165) is 19.3 Å². The normalized spacial score (nSPS) is 19.5. The molecular weight excluding hydrogens is 272 g/mol. The van der Waals surface area contributed by atoms with Gasteiger partial charge in [-0.2, -0.15) is 0 Å². The number of ether oxygens (including phenoxy) is 1. The molecule has 1 atom stereocenters. The minimum absolute atomic E-state index is 0.0350. The Morgan fingerprint density at radius 3 is 2.05 bits per heavy atom. The maximum absolute atomic E-state index is 11.5. The zero-order valence-corrected chi connectivity index (χ0v) is 14.9. The van der Waals surface area contributed by atoms with E-state index in [9.17, 15) is 4.79 Å². The number of hydrogen-bond donors (Lipinski definition) is 0. The van der Waals surface area contributed by atoms with E-state index in [4.69, 9.17) is 4.74 Å². The third-order valence-electron chi connectivity index (χ3n) is 4.83. The quantitative estimate of drug-likeness (QED) is 0.301. The number of hydrogen-bond acceptors (Lipinski definition) is 2. The van der Waals surface area contributed by atoms with Crippen molar-refractivity contribution in [1.29, 1.82) is 0 Å². The molecular formula is C20H38O2. The molecule has 1 aliphatic rings. The van der Waals surface area contributed by atoms with Gasteiger partial charge in [0.15, 0.2) is 0 Å². The van der Waals surface area contributed by atoms with Crippen LogP contribution in [0, 0.1) is 0 Å². The average Bonchev–Trinajstić information content (AvgIpc) is 2.49. The SMILES string of the molecule is CCCCCCCCCCCCCC1CCCCCC(=O)O1. The van der Waals surface area contributed by atoms with Crippen LogP contribution in [0.2, 0.25) is 0 Å². The highest BCUT2D eigenvalue weighted by Crippen LogP contribution is 2.19. The summed E-state index contributed by atoms with van der Waals surface area (Å²) in [5.41, 5.74) is 0. The van der Waals surface area contributed by atoms with Crippen LogP contribution in [-0.2, 0) is 9.53 Å². The second-order valence-electron chi connectivity index (χ2n) is 7.04. The fraction of sp³-hybridized carbons (Fsp3) is 0.950. The van der Waals surface area contributed by atoms with Crippen LogP contribution in [0.5, 0.6) is 0 Å². The molecule has 2 heteroatoms. The van der Waals surface area contributed by atoms with Crippen LogP contribution in [0.4, 0.5) is 0 Å². The molecule has 2 nitrogen and oxygen atoms in total. The smallest absolute Gasteiger partial charge is 0.306 e. The fourth-order valence-electron chi connectivity index (χ4n) is 3.36. The zero-order valence-electron chi connectivity index (χ0n) is 14.9. The van der Waals surface area contributed by atoms with Crippen LogP contribution in [0.1, 0.15) is 116 Å². The van der Waals surface area contributed by atoms with Gasteiger partial charge in [0, 0.05) is 6.42 Å². The van der Waals surface area contributed by atoms with Crippen molar-refractivity contribution >= 4 is 5.97 Å². The van der Waals surface area contributed by atoms with Crippen molar-refractivity contribution in [2.45, 2.75) is 122 Å². The molecule has 0 bridgehead atoms. The summed E-state index contributed by atoms with van der Waals surface area (Å²) in [5, 5.41) is 0. The number of rotatable bonds is 12. The molecule has 1 aliphatic heterocycles. The maximum atomic E-state index is 11.5. The first-order valence-electron chi connectivity index (χ1n) is 10.0. The first-order valence-corrected chi connectivity index (χ1v) is 10.0. The summed E-state index contributed by atoms with van der Waals surface area (Å²) < 4.78 is 5.54. The number of carbonyl (C=O) groups is 1. The molecule has 1 rings (SSSR count). The van der Waals surface area contributed by atoms with Gasteiger partial charge in [0.25, 0.3) is 0 Å². The van der Waals surface area contributed by atoms with Crippen molar-refractivity contribution in [3.63, 3.8) is 0 Å². The highest BCUT2D eigenvalue weighted by atomic mass is 16.5. The lowest BCUT2D eigenvalue weighted by molar-refractivity contribution is -0.150. The van der Waals surface area contributed by atoms with E-state index in [2.05, 4.69) is 6.92 Å². The second-order valence-corrected chi connectivity index (χ2v) is 7.04. The van der Waals surface area contributed by atoms with E-state index in [1.165, 1.54) is 83.5 Å². The molecule has 1 saturated heterocycles. The molecule has 1 unspecified atom stereocenters. The van der Waals surface area contributed by atoms with E-state index in [1.54, 1.807) is 0 Å². The highest BCUT2D eigenvalue weighted by molar-refractivity contribution is 5.69. The van der Waals surface area contributed by atoms with Crippen molar-refractivity contribution in [3.8, 4) is 0 Å². The van der Waals surface area contributed by atoms with Crippen molar-refractivity contribution in [2.75, 3.05) is 0 Å². The Labute approximate surface area is 138 Å². The number of unbranched alkanes of at least 4 members (excludes halogenated alkanes) is 10. The molecule has 0 aromatic rings. The Balaban J connectivity index is 1.87. The maximum Gasteiger partial charge on any atom is 0.306 e.